The quantitative estimate of drug-likeness (QED) is 0.414. The lowest BCUT2D eigenvalue weighted by atomic mass is 10.0. The molecule has 0 radical (unpaired) electrons. The minimum atomic E-state index is -0.309. The van der Waals surface area contributed by atoms with Crippen molar-refractivity contribution in [1.29, 1.82) is 0 Å². The van der Waals surface area contributed by atoms with Gasteiger partial charge < -0.3 is 5.73 Å². The van der Waals surface area contributed by atoms with Crippen LogP contribution in [-0.4, -0.2) is 27.6 Å². The lowest BCUT2D eigenvalue weighted by Gasteiger charge is -2.22. The molecule has 0 spiro atoms. The fraction of sp³-hybridized carbons (Fsp3) is 0.0952. The number of fused-ring (bicyclic) bond motifs is 1. The van der Waals surface area contributed by atoms with Gasteiger partial charge in [-0.25, -0.2) is 4.98 Å². The number of rotatable bonds is 4. The molecule has 27 heavy (non-hydrogen) atoms. The Hall–Kier alpha value is -3.25. The first-order valence-electron chi connectivity index (χ1n) is 8.45. The summed E-state index contributed by atoms with van der Waals surface area (Å²) >= 11 is 4.99. The highest BCUT2D eigenvalue weighted by atomic mass is 32.1. The van der Waals surface area contributed by atoms with Crippen molar-refractivity contribution in [2.75, 3.05) is 6.54 Å². The molecule has 0 aliphatic rings. The van der Waals surface area contributed by atoms with Crippen LogP contribution in [0.3, 0.4) is 0 Å². The molecule has 0 aliphatic carbocycles. The summed E-state index contributed by atoms with van der Waals surface area (Å²) in [5.74, 6) is -0.309. The predicted octanol–water partition coefficient (Wildman–Crippen LogP) is 3.59. The zero-order valence-electron chi connectivity index (χ0n) is 15.0. The number of nitrogens with two attached hydrogens (primary N) is 1. The first-order valence-corrected chi connectivity index (χ1v) is 8.86. The zero-order chi connectivity index (χ0) is 19.4. The number of carbonyl (C=O) groups is 1. The number of nitrogens with one attached hydrogen (secondary N) is 1. The normalized spacial score (nSPS) is 10.4. The number of benzene rings is 2. The average molecular weight is 376 g/mol. The molecule has 1 heterocycles. The van der Waals surface area contributed by atoms with Crippen LogP contribution >= 0.6 is 12.2 Å². The number of thiocarbonyl (C=S) groups is 1. The van der Waals surface area contributed by atoms with Crippen LogP contribution in [0.5, 0.6) is 0 Å². The molecule has 1 aromatic heterocycles. The minimum Gasteiger partial charge on any atom is -0.375 e. The Morgan fingerprint density at radius 2 is 1.96 bits per heavy atom. The number of carbonyl (C=O) groups excluding carboxylic acids is 1. The Balaban J connectivity index is 2.07. The largest absolute Gasteiger partial charge is 0.375 e. The van der Waals surface area contributed by atoms with E-state index in [-0.39, 0.29) is 11.0 Å². The van der Waals surface area contributed by atoms with E-state index in [1.807, 2.05) is 55.5 Å². The molecular formula is C21H20N4OS. The van der Waals surface area contributed by atoms with Crippen LogP contribution in [-0.2, 0) is 0 Å². The van der Waals surface area contributed by atoms with Crippen molar-refractivity contribution < 1.29 is 4.79 Å². The zero-order valence-corrected chi connectivity index (χ0v) is 15.8. The number of amides is 1. The van der Waals surface area contributed by atoms with E-state index in [9.17, 15) is 4.79 Å². The second-order valence-corrected chi connectivity index (χ2v) is 6.53. The Morgan fingerprint density at radius 1 is 1.26 bits per heavy atom. The number of nitrogens with zero attached hydrogens (tertiary/aromatic N) is 2. The number of aryl methyl sites for hydroxylation is 1. The van der Waals surface area contributed by atoms with Crippen LogP contribution in [0.15, 0.2) is 67.3 Å². The monoisotopic (exact) mass is 376 g/mol. The maximum atomic E-state index is 13.0. The van der Waals surface area contributed by atoms with Gasteiger partial charge in [-0.15, -0.1) is 6.58 Å². The summed E-state index contributed by atoms with van der Waals surface area (Å²) < 4.78 is 0. The van der Waals surface area contributed by atoms with Crippen LogP contribution in [0.1, 0.15) is 15.9 Å². The van der Waals surface area contributed by atoms with Gasteiger partial charge in [0.25, 0.3) is 5.91 Å². The molecule has 3 aromatic rings. The van der Waals surface area contributed by atoms with Gasteiger partial charge in [0.05, 0.1) is 23.3 Å². The Kier molecular flexibility index (Phi) is 5.47. The van der Waals surface area contributed by atoms with Crippen LogP contribution in [0.2, 0.25) is 0 Å². The Bertz CT molecular complexity index is 1010. The van der Waals surface area contributed by atoms with Crippen molar-refractivity contribution in [2.24, 2.45) is 5.73 Å². The molecule has 0 unspecified atom stereocenters. The number of aromatic nitrogens is 1. The van der Waals surface area contributed by atoms with Crippen LogP contribution in [0.25, 0.3) is 22.2 Å². The van der Waals surface area contributed by atoms with Gasteiger partial charge in [-0.3, -0.25) is 15.2 Å². The summed E-state index contributed by atoms with van der Waals surface area (Å²) in [4.78, 5) is 17.7. The molecule has 6 heteroatoms. The van der Waals surface area contributed by atoms with Gasteiger partial charge in [-0.05, 0) is 31.3 Å². The maximum absolute atomic E-state index is 13.0. The summed E-state index contributed by atoms with van der Waals surface area (Å²) in [5.41, 5.74) is 12.5. The number of hydrogen-bond acceptors (Lipinski definition) is 3. The minimum absolute atomic E-state index is 0.0698. The molecule has 1 amide bonds. The smallest absolute Gasteiger partial charge is 0.270 e. The van der Waals surface area contributed by atoms with E-state index >= 15 is 0 Å². The first-order chi connectivity index (χ1) is 13.0. The van der Waals surface area contributed by atoms with Crippen molar-refractivity contribution in [3.05, 3.63) is 78.4 Å². The highest BCUT2D eigenvalue weighted by Gasteiger charge is 2.16. The van der Waals surface area contributed by atoms with Gasteiger partial charge >= 0.3 is 0 Å². The maximum Gasteiger partial charge on any atom is 0.270 e. The summed E-state index contributed by atoms with van der Waals surface area (Å²) in [6.45, 7) is 6.00. The van der Waals surface area contributed by atoms with E-state index in [0.717, 1.165) is 27.7 Å². The molecule has 0 bridgehead atoms. The van der Waals surface area contributed by atoms with Gasteiger partial charge in [0, 0.05) is 10.9 Å². The van der Waals surface area contributed by atoms with Gasteiger partial charge in [0.15, 0.2) is 5.11 Å². The molecule has 0 saturated carbocycles. The Labute approximate surface area is 163 Å². The van der Waals surface area contributed by atoms with Crippen LogP contribution < -0.4 is 11.2 Å². The summed E-state index contributed by atoms with van der Waals surface area (Å²) in [7, 11) is 0. The van der Waals surface area contributed by atoms with E-state index in [1.165, 1.54) is 5.01 Å². The number of hydrazine groups is 1. The van der Waals surface area contributed by atoms with E-state index in [2.05, 4.69) is 12.0 Å². The SMILES string of the molecule is C=CCN(NC(=O)c1cc(-c2ccc(C)cc2)nc2ccccc12)C(N)=S. The second kappa shape index (κ2) is 7.97. The summed E-state index contributed by atoms with van der Waals surface area (Å²) in [5, 5.41) is 2.21. The molecule has 2 aromatic carbocycles. The lowest BCUT2D eigenvalue weighted by molar-refractivity contribution is 0.0880. The van der Waals surface area contributed by atoms with E-state index in [0.29, 0.717) is 12.1 Å². The van der Waals surface area contributed by atoms with Crippen molar-refractivity contribution in [3.63, 3.8) is 0 Å². The number of para-hydroxylation sites is 1. The standard InChI is InChI=1S/C21H20N4OS/c1-3-12-25(21(22)27)24-20(26)17-13-19(15-10-8-14(2)9-11-15)23-18-7-5-4-6-16(17)18/h3-11,13H,1,12H2,2H3,(H2,22,27)(H,24,26). The number of hydrogen-bond donors (Lipinski definition) is 2. The second-order valence-electron chi connectivity index (χ2n) is 6.12. The number of pyridine rings is 1. The molecular weight excluding hydrogens is 356 g/mol. The third-order valence-electron chi connectivity index (χ3n) is 4.12. The van der Waals surface area contributed by atoms with Gasteiger partial charge in [0.2, 0.25) is 0 Å². The van der Waals surface area contributed by atoms with Crippen molar-refractivity contribution >= 4 is 34.1 Å². The van der Waals surface area contributed by atoms with E-state index in [1.54, 1.807) is 12.1 Å². The molecule has 0 aliphatic heterocycles. The van der Waals surface area contributed by atoms with Crippen molar-refractivity contribution in [3.8, 4) is 11.3 Å². The van der Waals surface area contributed by atoms with Crippen molar-refractivity contribution in [1.82, 2.24) is 15.4 Å². The fourth-order valence-electron chi connectivity index (χ4n) is 2.74. The summed E-state index contributed by atoms with van der Waals surface area (Å²) in [6.07, 6.45) is 1.61. The molecule has 0 atom stereocenters. The predicted molar refractivity (Wildman–Crippen MR) is 113 cm³/mol. The molecule has 3 rings (SSSR count). The van der Waals surface area contributed by atoms with E-state index in [4.69, 9.17) is 22.9 Å². The average Bonchev–Trinajstić information content (AvgIpc) is 2.67. The molecule has 3 N–H and O–H groups in total. The lowest BCUT2D eigenvalue weighted by Crippen LogP contribution is -2.48. The third kappa shape index (κ3) is 4.12. The third-order valence-corrected chi connectivity index (χ3v) is 4.34. The van der Waals surface area contributed by atoms with Gasteiger partial charge in [0.1, 0.15) is 0 Å². The van der Waals surface area contributed by atoms with Gasteiger partial charge in [-0.1, -0.05) is 54.1 Å². The van der Waals surface area contributed by atoms with E-state index < -0.39 is 0 Å². The van der Waals surface area contributed by atoms with Crippen molar-refractivity contribution in [2.45, 2.75) is 6.92 Å². The molecule has 0 saturated heterocycles. The van der Waals surface area contributed by atoms with Crippen LogP contribution in [0, 0.1) is 6.92 Å². The molecule has 0 fully saturated rings. The highest BCUT2D eigenvalue weighted by molar-refractivity contribution is 7.80. The topological polar surface area (TPSA) is 71.2 Å². The van der Waals surface area contributed by atoms with Gasteiger partial charge in [-0.2, -0.15) is 0 Å². The molecule has 5 nitrogen and oxygen atoms in total. The molecule has 136 valence electrons. The Morgan fingerprint density at radius 3 is 2.63 bits per heavy atom. The van der Waals surface area contributed by atoms with Crippen LogP contribution in [0.4, 0.5) is 0 Å². The highest BCUT2D eigenvalue weighted by Crippen LogP contribution is 2.25. The first kappa shape index (κ1) is 18.5. The fourth-order valence-corrected chi connectivity index (χ4v) is 2.86. The summed E-state index contributed by atoms with van der Waals surface area (Å²) in [6, 6.07) is 17.3.